The molecule has 0 saturated heterocycles. The summed E-state index contributed by atoms with van der Waals surface area (Å²) in [6, 6.07) is 25.2. The van der Waals surface area contributed by atoms with Crippen LogP contribution in [-0.2, 0) is 13.0 Å². The summed E-state index contributed by atoms with van der Waals surface area (Å²) >= 11 is 1.80. The van der Waals surface area contributed by atoms with Gasteiger partial charge in [0.2, 0.25) is 0 Å². The van der Waals surface area contributed by atoms with E-state index in [0.717, 1.165) is 53.5 Å². The number of amides is 1. The van der Waals surface area contributed by atoms with E-state index in [0.29, 0.717) is 6.54 Å². The van der Waals surface area contributed by atoms with Crippen molar-refractivity contribution >= 4 is 17.7 Å². The maximum atomic E-state index is 12.4. The molecule has 0 aliphatic rings. The number of thioether (sulfide) groups is 1. The molecule has 0 unspecified atom stereocenters. The molecular formula is C32H37N3OS. The van der Waals surface area contributed by atoms with Gasteiger partial charge in [0, 0.05) is 35.5 Å². The van der Waals surface area contributed by atoms with Gasteiger partial charge in [0.05, 0.1) is 11.4 Å². The smallest absolute Gasteiger partial charge is 0.251 e. The Bertz CT molecular complexity index is 1310. The molecule has 0 spiro atoms. The van der Waals surface area contributed by atoms with Crippen LogP contribution in [0.5, 0.6) is 0 Å². The summed E-state index contributed by atoms with van der Waals surface area (Å²) in [5, 5.41) is 4.10. The van der Waals surface area contributed by atoms with Crippen molar-refractivity contribution in [2.45, 2.75) is 58.7 Å². The first kappa shape index (κ1) is 26.7. The largest absolute Gasteiger partial charge is 0.352 e. The van der Waals surface area contributed by atoms with Crippen LogP contribution in [0.1, 0.15) is 53.7 Å². The van der Waals surface area contributed by atoms with Gasteiger partial charge in [-0.25, -0.2) is 4.98 Å². The maximum absolute atomic E-state index is 12.4. The summed E-state index contributed by atoms with van der Waals surface area (Å²) in [5.74, 6) is 0.959. The molecule has 1 amide bonds. The molecule has 0 radical (unpaired) electrons. The number of carbonyl (C=O) groups excluding carboxylic acids is 1. The SMILES string of the molecule is CCc1ccc(C(=O)NCCCCSc2nc(-c3ccc(C)cc3)c(-c3ccc(C)cc3)n2CC)cc1. The van der Waals surface area contributed by atoms with E-state index in [1.807, 2.05) is 24.3 Å². The number of hydrogen-bond acceptors (Lipinski definition) is 3. The van der Waals surface area contributed by atoms with Gasteiger partial charge in [-0.3, -0.25) is 4.79 Å². The van der Waals surface area contributed by atoms with E-state index < -0.39 is 0 Å². The van der Waals surface area contributed by atoms with Gasteiger partial charge >= 0.3 is 0 Å². The molecular weight excluding hydrogens is 474 g/mol. The highest BCUT2D eigenvalue weighted by atomic mass is 32.2. The Hall–Kier alpha value is -3.31. The number of rotatable bonds is 11. The van der Waals surface area contributed by atoms with Crippen molar-refractivity contribution in [2.75, 3.05) is 12.3 Å². The lowest BCUT2D eigenvalue weighted by molar-refractivity contribution is 0.0953. The molecule has 0 atom stereocenters. The summed E-state index contributed by atoms with van der Waals surface area (Å²) < 4.78 is 2.34. The standard InChI is InChI=1S/C32H37N3OS/c1-5-25-13-19-28(20-14-25)31(36)33-21-7-8-22-37-32-34-29(26-15-9-23(3)10-16-26)30(35(32)6-2)27-17-11-24(4)12-18-27/h9-20H,5-8,21-22H2,1-4H3,(H,33,36). The van der Waals surface area contributed by atoms with Crippen LogP contribution < -0.4 is 5.32 Å². The number of benzene rings is 3. The second-order valence-corrected chi connectivity index (χ2v) is 10.5. The Balaban J connectivity index is 1.41. The normalized spacial score (nSPS) is 11.0. The third-order valence-electron chi connectivity index (χ3n) is 6.61. The van der Waals surface area contributed by atoms with E-state index in [4.69, 9.17) is 4.98 Å². The number of nitrogens with zero attached hydrogens (tertiary/aromatic N) is 2. The summed E-state index contributed by atoms with van der Waals surface area (Å²) in [6.07, 6.45) is 2.93. The first-order chi connectivity index (χ1) is 18.0. The number of aromatic nitrogens is 2. The van der Waals surface area contributed by atoms with Crippen molar-refractivity contribution in [1.29, 1.82) is 0 Å². The van der Waals surface area contributed by atoms with Gasteiger partial charge < -0.3 is 9.88 Å². The van der Waals surface area contributed by atoms with Gasteiger partial charge in [-0.15, -0.1) is 0 Å². The molecule has 0 saturated carbocycles. The van der Waals surface area contributed by atoms with E-state index in [1.54, 1.807) is 11.8 Å². The highest BCUT2D eigenvalue weighted by Crippen LogP contribution is 2.36. The predicted molar refractivity (Wildman–Crippen MR) is 156 cm³/mol. The van der Waals surface area contributed by atoms with Crippen LogP contribution in [0.3, 0.4) is 0 Å². The van der Waals surface area contributed by atoms with E-state index >= 15 is 0 Å². The number of imidazole rings is 1. The zero-order valence-electron chi connectivity index (χ0n) is 22.4. The molecule has 5 heteroatoms. The lowest BCUT2D eigenvalue weighted by atomic mass is 10.0. The Morgan fingerprint density at radius 1 is 0.838 bits per heavy atom. The molecule has 4 aromatic rings. The molecule has 0 fully saturated rings. The van der Waals surface area contributed by atoms with Gasteiger partial charge in [-0.1, -0.05) is 90.5 Å². The molecule has 0 aliphatic heterocycles. The van der Waals surface area contributed by atoms with Gasteiger partial charge in [0.15, 0.2) is 5.16 Å². The monoisotopic (exact) mass is 511 g/mol. The number of aryl methyl sites for hydroxylation is 3. The van der Waals surface area contributed by atoms with Crippen molar-refractivity contribution < 1.29 is 4.79 Å². The van der Waals surface area contributed by atoms with Gasteiger partial charge in [-0.2, -0.15) is 0 Å². The minimum absolute atomic E-state index is 0.00214. The van der Waals surface area contributed by atoms with Crippen LogP contribution in [0.25, 0.3) is 22.5 Å². The third-order valence-corrected chi connectivity index (χ3v) is 7.67. The van der Waals surface area contributed by atoms with E-state index in [2.05, 4.69) is 86.1 Å². The van der Waals surface area contributed by atoms with Crippen molar-refractivity contribution in [2.24, 2.45) is 0 Å². The average molecular weight is 512 g/mol. The van der Waals surface area contributed by atoms with Crippen LogP contribution in [0.15, 0.2) is 78.0 Å². The van der Waals surface area contributed by atoms with Crippen molar-refractivity contribution in [3.63, 3.8) is 0 Å². The topological polar surface area (TPSA) is 46.9 Å². The molecule has 192 valence electrons. The van der Waals surface area contributed by atoms with Crippen LogP contribution in [0.2, 0.25) is 0 Å². The van der Waals surface area contributed by atoms with Gasteiger partial charge in [0.1, 0.15) is 0 Å². The summed E-state index contributed by atoms with van der Waals surface area (Å²) in [5.41, 5.74) is 9.02. The number of hydrogen-bond donors (Lipinski definition) is 1. The van der Waals surface area contributed by atoms with Crippen LogP contribution in [0, 0.1) is 13.8 Å². The third kappa shape index (κ3) is 6.72. The zero-order chi connectivity index (χ0) is 26.2. The van der Waals surface area contributed by atoms with Crippen molar-refractivity contribution in [3.05, 3.63) is 95.1 Å². The van der Waals surface area contributed by atoms with Crippen molar-refractivity contribution in [3.8, 4) is 22.5 Å². The summed E-state index contributed by atoms with van der Waals surface area (Å²) in [7, 11) is 0. The highest BCUT2D eigenvalue weighted by Gasteiger charge is 2.19. The minimum atomic E-state index is 0.00214. The molecule has 0 bridgehead atoms. The van der Waals surface area contributed by atoms with Gasteiger partial charge in [0.25, 0.3) is 5.91 Å². The molecule has 0 aliphatic carbocycles. The molecule has 1 heterocycles. The van der Waals surface area contributed by atoms with Gasteiger partial charge in [-0.05, 0) is 57.7 Å². The first-order valence-electron chi connectivity index (χ1n) is 13.2. The highest BCUT2D eigenvalue weighted by molar-refractivity contribution is 7.99. The van der Waals surface area contributed by atoms with Crippen LogP contribution >= 0.6 is 11.8 Å². The number of unbranched alkanes of at least 4 members (excludes halogenated alkanes) is 1. The lowest BCUT2D eigenvalue weighted by Crippen LogP contribution is -2.24. The van der Waals surface area contributed by atoms with E-state index in [9.17, 15) is 4.79 Å². The molecule has 1 aromatic heterocycles. The van der Waals surface area contributed by atoms with Crippen LogP contribution in [0.4, 0.5) is 0 Å². The van der Waals surface area contributed by atoms with Crippen molar-refractivity contribution in [1.82, 2.24) is 14.9 Å². The molecule has 37 heavy (non-hydrogen) atoms. The molecule has 4 rings (SSSR count). The maximum Gasteiger partial charge on any atom is 0.251 e. The lowest BCUT2D eigenvalue weighted by Gasteiger charge is -2.11. The van der Waals surface area contributed by atoms with E-state index in [-0.39, 0.29) is 5.91 Å². The fourth-order valence-corrected chi connectivity index (χ4v) is 5.40. The minimum Gasteiger partial charge on any atom is -0.352 e. The quantitative estimate of drug-likeness (QED) is 0.166. The predicted octanol–water partition coefficient (Wildman–Crippen LogP) is 7.72. The second kappa shape index (κ2) is 12.8. The Morgan fingerprint density at radius 3 is 2.05 bits per heavy atom. The Labute approximate surface area is 225 Å². The average Bonchev–Trinajstić information content (AvgIpc) is 3.29. The van der Waals surface area contributed by atoms with Crippen LogP contribution in [-0.4, -0.2) is 27.8 Å². The number of carbonyl (C=O) groups is 1. The summed E-state index contributed by atoms with van der Waals surface area (Å²) in [6.45, 7) is 10.1. The fraction of sp³-hybridized carbons (Fsp3) is 0.312. The summed E-state index contributed by atoms with van der Waals surface area (Å²) in [4.78, 5) is 17.5. The Kier molecular flexibility index (Phi) is 9.24. The zero-order valence-corrected chi connectivity index (χ0v) is 23.2. The molecule has 3 aromatic carbocycles. The van der Waals surface area contributed by atoms with E-state index in [1.165, 1.54) is 27.9 Å². The Morgan fingerprint density at radius 2 is 1.46 bits per heavy atom. The molecule has 4 nitrogen and oxygen atoms in total. The first-order valence-corrected chi connectivity index (χ1v) is 14.2. The fourth-order valence-electron chi connectivity index (χ4n) is 4.34. The second-order valence-electron chi connectivity index (χ2n) is 9.43. The number of nitrogens with one attached hydrogen (secondary N) is 1. The molecule has 1 N–H and O–H groups in total.